The Balaban J connectivity index is 1.62. The maximum absolute atomic E-state index is 13.2. The molecule has 1 aliphatic rings. The van der Waals surface area contributed by atoms with Gasteiger partial charge in [0.2, 0.25) is 10.0 Å². The number of pyridine rings is 1. The van der Waals surface area contributed by atoms with Crippen LogP contribution in [0.4, 0.5) is 0 Å². The lowest BCUT2D eigenvalue weighted by Gasteiger charge is -2.34. The van der Waals surface area contributed by atoms with Gasteiger partial charge in [-0.05, 0) is 56.7 Å². The molecular weight excluding hydrogens is 450 g/mol. The zero-order valence-corrected chi connectivity index (χ0v) is 20.4. The summed E-state index contributed by atoms with van der Waals surface area (Å²) < 4.78 is 35.4. The molecule has 2 atom stereocenters. The Morgan fingerprint density at radius 2 is 1.71 bits per heavy atom. The Labute approximate surface area is 200 Å². The minimum atomic E-state index is -3.75. The number of hydrogen-bond acceptors (Lipinski definition) is 4. The lowest BCUT2D eigenvalue weighted by atomic mass is 10.1. The van der Waals surface area contributed by atoms with E-state index in [1.807, 2.05) is 67.9 Å². The zero-order chi connectivity index (χ0) is 24.3. The number of ether oxygens (including phenoxy) is 1. The molecule has 8 heteroatoms. The molecule has 1 aromatic heterocycles. The summed E-state index contributed by atoms with van der Waals surface area (Å²) in [6.45, 7) is 6.85. The number of morpholine rings is 1. The van der Waals surface area contributed by atoms with E-state index in [0.717, 1.165) is 5.56 Å². The summed E-state index contributed by atoms with van der Waals surface area (Å²) in [6, 6.07) is 19.7. The molecule has 178 valence electrons. The number of benzene rings is 2. The molecule has 4 rings (SSSR count). The van der Waals surface area contributed by atoms with Crippen LogP contribution in [0.5, 0.6) is 0 Å². The van der Waals surface area contributed by atoms with Crippen molar-refractivity contribution < 1.29 is 17.9 Å². The van der Waals surface area contributed by atoms with Crippen LogP contribution in [-0.2, 0) is 21.3 Å². The van der Waals surface area contributed by atoms with Gasteiger partial charge in [-0.3, -0.25) is 4.79 Å². The van der Waals surface area contributed by atoms with Crippen molar-refractivity contribution in [1.29, 1.82) is 0 Å². The molecular formula is C26H29N3O4S. The summed E-state index contributed by atoms with van der Waals surface area (Å²) in [5, 5.41) is 0. The second-order valence-electron chi connectivity index (χ2n) is 8.70. The first-order valence-electron chi connectivity index (χ1n) is 11.3. The van der Waals surface area contributed by atoms with E-state index >= 15 is 0 Å². The van der Waals surface area contributed by atoms with Crippen LogP contribution in [0.15, 0.2) is 82.8 Å². The summed E-state index contributed by atoms with van der Waals surface area (Å²) in [5.74, 6) is -0.496. The monoisotopic (exact) mass is 479 g/mol. The molecule has 2 unspecified atom stereocenters. The van der Waals surface area contributed by atoms with Crippen molar-refractivity contribution in [3.8, 4) is 0 Å². The van der Waals surface area contributed by atoms with Crippen LogP contribution < -0.4 is 5.49 Å². The number of aryl methyl sites for hydroxylation is 1. The standard InChI is InChI=1S/C26H29N3O4S/c1-19-10-12-22(13-11-19)18-28-14-5-4-9-25(28)27-26(30)23-7-6-8-24(15-23)34(31,32)29-16-20(2)33-21(3)17-29/h4-15,20-21H,16-18H2,1-3H3. The van der Waals surface area contributed by atoms with Gasteiger partial charge in [0.25, 0.3) is 5.91 Å². The summed E-state index contributed by atoms with van der Waals surface area (Å²) in [6.07, 6.45) is 1.48. The molecule has 0 aliphatic carbocycles. The number of nitrogens with zero attached hydrogens (tertiary/aromatic N) is 3. The van der Waals surface area contributed by atoms with Crippen molar-refractivity contribution in [2.75, 3.05) is 13.1 Å². The van der Waals surface area contributed by atoms with E-state index in [-0.39, 0.29) is 35.8 Å². The summed E-state index contributed by atoms with van der Waals surface area (Å²) >= 11 is 0. The predicted molar refractivity (Wildman–Crippen MR) is 130 cm³/mol. The van der Waals surface area contributed by atoms with E-state index < -0.39 is 15.9 Å². The molecule has 1 saturated heterocycles. The summed E-state index contributed by atoms with van der Waals surface area (Å²) in [5.41, 5.74) is 2.99. The van der Waals surface area contributed by atoms with Gasteiger partial charge in [0.15, 0.2) is 0 Å². The lowest BCUT2D eigenvalue weighted by Crippen LogP contribution is -2.48. The smallest absolute Gasteiger partial charge is 0.278 e. The van der Waals surface area contributed by atoms with Crippen LogP contribution >= 0.6 is 0 Å². The Morgan fingerprint density at radius 1 is 1.00 bits per heavy atom. The van der Waals surface area contributed by atoms with Crippen molar-refractivity contribution in [2.45, 2.75) is 44.4 Å². The third kappa shape index (κ3) is 5.52. The van der Waals surface area contributed by atoms with Gasteiger partial charge in [0, 0.05) is 31.4 Å². The number of hydrogen-bond donors (Lipinski definition) is 0. The number of carbonyl (C=O) groups excluding carboxylic acids is 1. The Bertz CT molecular complexity index is 1340. The first-order valence-corrected chi connectivity index (χ1v) is 12.7. The fraction of sp³-hybridized carbons (Fsp3) is 0.308. The third-order valence-electron chi connectivity index (χ3n) is 5.71. The Hall–Kier alpha value is -3.07. The largest absolute Gasteiger partial charge is 0.373 e. The van der Waals surface area contributed by atoms with Crippen LogP contribution in [0.25, 0.3) is 0 Å². The third-order valence-corrected chi connectivity index (χ3v) is 7.54. The highest BCUT2D eigenvalue weighted by Gasteiger charge is 2.32. The molecule has 2 aromatic carbocycles. The lowest BCUT2D eigenvalue weighted by molar-refractivity contribution is -0.0440. The van der Waals surface area contributed by atoms with Crippen LogP contribution in [-0.4, -0.2) is 48.5 Å². The average Bonchev–Trinajstić information content (AvgIpc) is 2.81. The molecule has 0 radical (unpaired) electrons. The van der Waals surface area contributed by atoms with Gasteiger partial charge in [0.05, 0.1) is 17.1 Å². The van der Waals surface area contributed by atoms with E-state index in [0.29, 0.717) is 12.0 Å². The first kappa shape index (κ1) is 24.1. The molecule has 0 spiro atoms. The van der Waals surface area contributed by atoms with Crippen LogP contribution in [0.1, 0.15) is 35.3 Å². The van der Waals surface area contributed by atoms with Gasteiger partial charge >= 0.3 is 0 Å². The fourth-order valence-corrected chi connectivity index (χ4v) is 5.66. The number of rotatable bonds is 5. The van der Waals surface area contributed by atoms with Crippen LogP contribution in [0.3, 0.4) is 0 Å². The molecule has 7 nitrogen and oxygen atoms in total. The van der Waals surface area contributed by atoms with Gasteiger partial charge in [0.1, 0.15) is 5.49 Å². The van der Waals surface area contributed by atoms with Gasteiger partial charge < -0.3 is 9.30 Å². The normalized spacial score (nSPS) is 19.8. The molecule has 1 fully saturated rings. The number of amides is 1. The first-order chi connectivity index (χ1) is 16.2. The maximum Gasteiger partial charge on any atom is 0.278 e. The highest BCUT2D eigenvalue weighted by Crippen LogP contribution is 2.22. The summed E-state index contributed by atoms with van der Waals surface area (Å²) in [7, 11) is -3.75. The highest BCUT2D eigenvalue weighted by molar-refractivity contribution is 7.89. The molecule has 2 heterocycles. The quantitative estimate of drug-likeness (QED) is 0.562. The second kappa shape index (κ2) is 10.0. The van der Waals surface area contributed by atoms with E-state index in [2.05, 4.69) is 4.99 Å². The minimum absolute atomic E-state index is 0.0791. The predicted octanol–water partition coefficient (Wildman–Crippen LogP) is 3.38. The molecule has 0 saturated carbocycles. The van der Waals surface area contributed by atoms with Crippen molar-refractivity contribution >= 4 is 15.9 Å². The van der Waals surface area contributed by atoms with Gasteiger partial charge in [-0.15, -0.1) is 0 Å². The van der Waals surface area contributed by atoms with E-state index in [1.54, 1.807) is 18.2 Å². The van der Waals surface area contributed by atoms with E-state index in [4.69, 9.17) is 4.74 Å². The molecule has 0 bridgehead atoms. The van der Waals surface area contributed by atoms with Gasteiger partial charge in [-0.25, -0.2) is 8.42 Å². The van der Waals surface area contributed by atoms with Crippen LogP contribution in [0, 0.1) is 6.92 Å². The fourth-order valence-electron chi connectivity index (χ4n) is 4.03. The van der Waals surface area contributed by atoms with Gasteiger partial charge in [-0.1, -0.05) is 42.0 Å². The molecule has 34 heavy (non-hydrogen) atoms. The average molecular weight is 480 g/mol. The minimum Gasteiger partial charge on any atom is -0.373 e. The number of carbonyl (C=O) groups is 1. The molecule has 0 N–H and O–H groups in total. The van der Waals surface area contributed by atoms with E-state index in [9.17, 15) is 13.2 Å². The summed E-state index contributed by atoms with van der Waals surface area (Å²) in [4.78, 5) is 17.4. The highest BCUT2D eigenvalue weighted by atomic mass is 32.2. The van der Waals surface area contributed by atoms with Crippen LogP contribution in [0.2, 0.25) is 0 Å². The SMILES string of the molecule is Cc1ccc(Cn2ccccc2=NC(=O)c2cccc(S(=O)(=O)N3CC(C)OC(C)C3)c2)cc1. The van der Waals surface area contributed by atoms with Crippen molar-refractivity contribution in [3.05, 3.63) is 95.1 Å². The number of aromatic nitrogens is 1. The van der Waals surface area contributed by atoms with E-state index in [1.165, 1.54) is 22.0 Å². The van der Waals surface area contributed by atoms with Crippen molar-refractivity contribution in [2.24, 2.45) is 4.99 Å². The zero-order valence-electron chi connectivity index (χ0n) is 19.6. The van der Waals surface area contributed by atoms with Crippen molar-refractivity contribution in [1.82, 2.24) is 8.87 Å². The number of sulfonamides is 1. The Kier molecular flexibility index (Phi) is 7.11. The maximum atomic E-state index is 13.2. The van der Waals surface area contributed by atoms with Gasteiger partial charge in [-0.2, -0.15) is 9.30 Å². The van der Waals surface area contributed by atoms with Crippen molar-refractivity contribution in [3.63, 3.8) is 0 Å². The Morgan fingerprint density at radius 3 is 2.41 bits per heavy atom. The molecule has 3 aromatic rings. The molecule has 1 amide bonds. The molecule has 1 aliphatic heterocycles. The topological polar surface area (TPSA) is 81.0 Å². The second-order valence-corrected chi connectivity index (χ2v) is 10.6.